The zero-order chi connectivity index (χ0) is 7.82. The SMILES string of the molecule is Cc1ccccc1.[F][AlH][F]. The minimum Gasteiger partial charge on any atom is -0.377 e. The Labute approximate surface area is 66.5 Å². The highest BCUT2D eigenvalue weighted by Gasteiger charge is 1.72. The number of halogens is 2. The molecule has 0 saturated carbocycles. The largest absolute Gasteiger partial charge is 0.732 e. The fourth-order valence-corrected chi connectivity index (χ4v) is 0.534. The van der Waals surface area contributed by atoms with Crippen LogP contribution in [0.3, 0.4) is 0 Å². The summed E-state index contributed by atoms with van der Waals surface area (Å²) in [5.74, 6) is 0. The van der Waals surface area contributed by atoms with E-state index in [1.807, 2.05) is 18.2 Å². The molecule has 1 aromatic carbocycles. The summed E-state index contributed by atoms with van der Waals surface area (Å²) in [5.41, 5.74) is 1.32. The molecule has 54 valence electrons. The van der Waals surface area contributed by atoms with E-state index in [1.165, 1.54) is 5.56 Å². The summed E-state index contributed by atoms with van der Waals surface area (Å²) in [6, 6.07) is 10.3. The summed E-state index contributed by atoms with van der Waals surface area (Å²) >= 11 is -2.58. The van der Waals surface area contributed by atoms with Crippen molar-refractivity contribution in [1.82, 2.24) is 0 Å². The normalized spacial score (nSPS) is 7.50. The van der Waals surface area contributed by atoms with E-state index in [-0.39, 0.29) is 0 Å². The number of aryl methyl sites for hydroxylation is 1. The van der Waals surface area contributed by atoms with Crippen LogP contribution in [0, 0.1) is 6.92 Å². The Kier molecular flexibility index (Phi) is 6.47. The summed E-state index contributed by atoms with van der Waals surface area (Å²) in [6.07, 6.45) is 0. The predicted octanol–water partition coefficient (Wildman–Crippen LogP) is 2.19. The first-order valence-corrected chi connectivity index (χ1v) is 4.01. The molecule has 0 saturated heterocycles. The van der Waals surface area contributed by atoms with Gasteiger partial charge in [-0.05, 0) is 6.92 Å². The molecule has 1 rings (SSSR count). The molecule has 0 amide bonds. The highest BCUT2D eigenvalue weighted by atomic mass is 27.2. The van der Waals surface area contributed by atoms with Gasteiger partial charge in [0.25, 0.3) is 0 Å². The van der Waals surface area contributed by atoms with E-state index in [1.54, 1.807) is 0 Å². The Balaban J connectivity index is 0.000000236. The van der Waals surface area contributed by atoms with Crippen molar-refractivity contribution >= 4 is 16.1 Å². The summed E-state index contributed by atoms with van der Waals surface area (Å²) in [5, 5.41) is 0. The van der Waals surface area contributed by atoms with Gasteiger partial charge in [0.2, 0.25) is 0 Å². The highest BCUT2D eigenvalue weighted by molar-refractivity contribution is 6.15. The average Bonchev–Trinajstić information content (AvgIpc) is 1.91. The molecule has 0 N–H and O–H groups in total. The van der Waals surface area contributed by atoms with Crippen LogP contribution in [-0.4, -0.2) is 16.1 Å². The van der Waals surface area contributed by atoms with Gasteiger partial charge < -0.3 is 7.05 Å². The van der Waals surface area contributed by atoms with Crippen LogP contribution in [0.5, 0.6) is 0 Å². The van der Waals surface area contributed by atoms with Crippen molar-refractivity contribution in [2.75, 3.05) is 0 Å². The number of hydrogen-bond donors (Lipinski definition) is 0. The fraction of sp³-hybridized carbons (Fsp3) is 0.143. The molecule has 0 atom stereocenters. The van der Waals surface area contributed by atoms with E-state index in [2.05, 4.69) is 19.1 Å². The molecular weight excluding hydrogens is 149 g/mol. The molecule has 0 nitrogen and oxygen atoms in total. The number of hydrogen-bond acceptors (Lipinski definition) is 0. The van der Waals surface area contributed by atoms with E-state index in [0.717, 1.165) is 0 Å². The first-order valence-electron chi connectivity index (χ1n) is 2.95. The summed E-state index contributed by atoms with van der Waals surface area (Å²) in [4.78, 5) is 0. The Morgan fingerprint density at radius 3 is 1.70 bits per heavy atom. The first-order chi connectivity index (χ1) is 4.81. The Hall–Kier alpha value is -0.388. The topological polar surface area (TPSA) is 0 Å². The molecule has 0 aromatic heterocycles. The lowest BCUT2D eigenvalue weighted by molar-refractivity contribution is 0.712. The zero-order valence-corrected chi connectivity index (χ0v) is 7.26. The van der Waals surface area contributed by atoms with E-state index in [0.29, 0.717) is 0 Å². The molecular formula is C7H9AlF2. The van der Waals surface area contributed by atoms with Crippen LogP contribution in [0.1, 0.15) is 5.56 Å². The fourth-order valence-electron chi connectivity index (χ4n) is 0.534. The molecule has 0 aliphatic heterocycles. The summed E-state index contributed by atoms with van der Waals surface area (Å²) in [6.45, 7) is 2.08. The van der Waals surface area contributed by atoms with Crippen molar-refractivity contribution in [2.45, 2.75) is 6.92 Å². The van der Waals surface area contributed by atoms with E-state index < -0.39 is 16.1 Å². The molecule has 0 bridgehead atoms. The molecule has 0 fully saturated rings. The van der Waals surface area contributed by atoms with Crippen LogP contribution in [0.15, 0.2) is 30.3 Å². The Morgan fingerprint density at radius 1 is 1.10 bits per heavy atom. The van der Waals surface area contributed by atoms with Crippen LogP contribution in [0.25, 0.3) is 0 Å². The monoisotopic (exact) mass is 158 g/mol. The van der Waals surface area contributed by atoms with Crippen LogP contribution in [-0.2, 0) is 0 Å². The Morgan fingerprint density at radius 2 is 1.50 bits per heavy atom. The highest BCUT2D eigenvalue weighted by Crippen LogP contribution is 1.92. The van der Waals surface area contributed by atoms with Gasteiger partial charge in [0, 0.05) is 0 Å². The predicted molar refractivity (Wildman–Crippen MR) is 40.5 cm³/mol. The van der Waals surface area contributed by atoms with Gasteiger partial charge in [-0.1, -0.05) is 35.9 Å². The van der Waals surface area contributed by atoms with Crippen LogP contribution in [0.4, 0.5) is 7.05 Å². The second-order valence-electron chi connectivity index (χ2n) is 1.76. The standard InChI is InChI=1S/C7H8.Al.2FH.H/c1-7-5-3-2-4-6-7;;;;/h2-6H,1H3;;2*1H;/q;+2;;;/p-2. The maximum atomic E-state index is 9.76. The lowest BCUT2D eigenvalue weighted by Crippen LogP contribution is -1.62. The molecule has 10 heavy (non-hydrogen) atoms. The molecule has 0 unspecified atom stereocenters. The summed E-state index contributed by atoms with van der Waals surface area (Å²) in [7, 11) is 0. The van der Waals surface area contributed by atoms with Crippen LogP contribution >= 0.6 is 0 Å². The van der Waals surface area contributed by atoms with Gasteiger partial charge >= 0.3 is 16.1 Å². The van der Waals surface area contributed by atoms with Crippen molar-refractivity contribution < 1.29 is 7.05 Å². The van der Waals surface area contributed by atoms with Gasteiger partial charge in [-0.2, -0.15) is 0 Å². The zero-order valence-electron chi connectivity index (χ0n) is 5.85. The smallest absolute Gasteiger partial charge is 0.377 e. The van der Waals surface area contributed by atoms with Gasteiger partial charge in [0.05, 0.1) is 0 Å². The minimum absolute atomic E-state index is 1.32. The van der Waals surface area contributed by atoms with E-state index in [9.17, 15) is 7.05 Å². The first kappa shape index (κ1) is 9.61. The van der Waals surface area contributed by atoms with Gasteiger partial charge in [-0.25, -0.2) is 0 Å². The van der Waals surface area contributed by atoms with E-state index >= 15 is 0 Å². The third kappa shape index (κ3) is 5.74. The van der Waals surface area contributed by atoms with E-state index in [4.69, 9.17) is 0 Å². The van der Waals surface area contributed by atoms with Crippen molar-refractivity contribution in [2.24, 2.45) is 0 Å². The van der Waals surface area contributed by atoms with Crippen molar-refractivity contribution in [3.8, 4) is 0 Å². The molecule has 0 radical (unpaired) electrons. The molecule has 0 aliphatic rings. The molecule has 0 heterocycles. The third-order valence-corrected chi connectivity index (χ3v) is 0.940. The van der Waals surface area contributed by atoms with Gasteiger partial charge in [0.15, 0.2) is 0 Å². The minimum atomic E-state index is -2.58. The quantitative estimate of drug-likeness (QED) is 0.507. The van der Waals surface area contributed by atoms with Gasteiger partial charge in [0.1, 0.15) is 0 Å². The molecule has 1 aromatic rings. The van der Waals surface area contributed by atoms with Gasteiger partial charge in [-0.3, -0.25) is 0 Å². The molecule has 0 spiro atoms. The van der Waals surface area contributed by atoms with Crippen LogP contribution < -0.4 is 0 Å². The van der Waals surface area contributed by atoms with Crippen molar-refractivity contribution in [1.29, 1.82) is 0 Å². The Bertz CT molecular complexity index is 153. The summed E-state index contributed by atoms with van der Waals surface area (Å²) < 4.78 is 19.5. The second kappa shape index (κ2) is 6.73. The average molecular weight is 158 g/mol. The lowest BCUT2D eigenvalue weighted by Gasteiger charge is -1.82. The van der Waals surface area contributed by atoms with Crippen LogP contribution in [0.2, 0.25) is 0 Å². The number of rotatable bonds is 0. The van der Waals surface area contributed by atoms with Crippen molar-refractivity contribution in [3.63, 3.8) is 0 Å². The lowest BCUT2D eigenvalue weighted by atomic mass is 10.2. The maximum absolute atomic E-state index is 9.76. The number of benzene rings is 1. The second-order valence-corrected chi connectivity index (χ2v) is 1.96. The third-order valence-electron chi connectivity index (χ3n) is 0.940. The molecule has 3 heteroatoms. The van der Waals surface area contributed by atoms with Crippen molar-refractivity contribution in [3.05, 3.63) is 35.9 Å². The maximum Gasteiger partial charge on any atom is 0.732 e. The molecule has 0 aliphatic carbocycles. The van der Waals surface area contributed by atoms with Gasteiger partial charge in [-0.15, -0.1) is 0 Å².